The van der Waals surface area contributed by atoms with Crippen LogP contribution in [0, 0.1) is 0 Å². The fraction of sp³-hybridized carbons (Fsp3) is 0.263. The van der Waals surface area contributed by atoms with E-state index < -0.39 is 12.0 Å². The summed E-state index contributed by atoms with van der Waals surface area (Å²) in [6.45, 7) is 1.90. The summed E-state index contributed by atoms with van der Waals surface area (Å²) in [4.78, 5) is 23.5. The Balaban J connectivity index is 1.95. The number of carbonyl (C=O) groups is 2. The normalized spacial score (nSPS) is 12.9. The van der Waals surface area contributed by atoms with Crippen molar-refractivity contribution in [1.29, 1.82) is 0 Å². The summed E-state index contributed by atoms with van der Waals surface area (Å²) in [5.41, 5.74) is 1.57. The van der Waals surface area contributed by atoms with Crippen LogP contribution in [0.1, 0.15) is 24.9 Å². The molecular weight excluding hydrogens is 320 g/mol. The first-order valence-corrected chi connectivity index (χ1v) is 8.04. The quantitative estimate of drug-likeness (QED) is 0.729. The number of amides is 1. The van der Waals surface area contributed by atoms with Crippen LogP contribution in [0.5, 0.6) is 5.75 Å². The summed E-state index contributed by atoms with van der Waals surface area (Å²) < 4.78 is 5.05. The molecule has 0 aliphatic heterocycles. The van der Waals surface area contributed by atoms with Gasteiger partial charge in [0.1, 0.15) is 17.8 Å². The monoisotopic (exact) mass is 342 g/mol. The average Bonchev–Trinajstić information content (AvgIpc) is 2.62. The number of hydrogen-bond donors (Lipinski definition) is 2. The van der Waals surface area contributed by atoms with Crippen LogP contribution in [0.4, 0.5) is 5.69 Å². The highest BCUT2D eigenvalue weighted by atomic mass is 16.5. The Morgan fingerprint density at radius 3 is 2.32 bits per heavy atom. The number of quaternary nitrogens is 1. The van der Waals surface area contributed by atoms with Crippen molar-refractivity contribution in [2.75, 3.05) is 12.4 Å². The largest absolute Gasteiger partial charge is 0.544 e. The maximum absolute atomic E-state index is 12.1. The van der Waals surface area contributed by atoms with Gasteiger partial charge in [-0.15, -0.1) is 0 Å². The fourth-order valence-electron chi connectivity index (χ4n) is 2.53. The topological polar surface area (TPSA) is 95.1 Å². The van der Waals surface area contributed by atoms with Crippen LogP contribution in [0.3, 0.4) is 0 Å². The minimum absolute atomic E-state index is 0.0992. The van der Waals surface area contributed by atoms with Crippen LogP contribution in [0.25, 0.3) is 0 Å². The van der Waals surface area contributed by atoms with Crippen molar-refractivity contribution in [3.05, 3.63) is 60.2 Å². The van der Waals surface area contributed by atoms with Crippen LogP contribution in [0.2, 0.25) is 0 Å². The molecule has 2 rings (SSSR count). The Morgan fingerprint density at radius 2 is 1.76 bits per heavy atom. The molecule has 6 nitrogen and oxygen atoms in total. The summed E-state index contributed by atoms with van der Waals surface area (Å²) in [5.74, 6) is -0.959. The molecule has 0 aromatic heterocycles. The van der Waals surface area contributed by atoms with E-state index in [1.54, 1.807) is 36.7 Å². The molecule has 2 aromatic rings. The van der Waals surface area contributed by atoms with Crippen LogP contribution < -0.4 is 20.5 Å². The number of anilines is 1. The summed E-state index contributed by atoms with van der Waals surface area (Å²) in [6, 6.07) is 15.3. The number of nitrogens with one attached hydrogen (secondary N) is 1. The summed E-state index contributed by atoms with van der Waals surface area (Å²) in [5, 5.41) is 15.7. The number of methoxy groups -OCH3 is 1. The Morgan fingerprint density at radius 1 is 1.12 bits per heavy atom. The number of carboxylic acids is 1. The third-order valence-corrected chi connectivity index (χ3v) is 3.93. The molecule has 0 saturated heterocycles. The second-order valence-corrected chi connectivity index (χ2v) is 5.80. The van der Waals surface area contributed by atoms with Gasteiger partial charge in [-0.3, -0.25) is 4.79 Å². The Bertz CT molecular complexity index is 701. The van der Waals surface area contributed by atoms with Gasteiger partial charge in [-0.2, -0.15) is 0 Å². The molecule has 0 spiro atoms. The molecule has 6 heteroatoms. The van der Waals surface area contributed by atoms with Crippen LogP contribution in [-0.4, -0.2) is 25.0 Å². The third kappa shape index (κ3) is 5.61. The van der Waals surface area contributed by atoms with E-state index in [4.69, 9.17) is 4.74 Å². The first-order valence-electron chi connectivity index (χ1n) is 8.04. The standard InChI is InChI=1S/C19H22N2O4/c1-13(14-6-4-3-5-7-14)20-17(19(23)24)12-18(22)21-15-8-10-16(25-2)11-9-15/h3-11,13,17,20H,12H2,1-2H3,(H,21,22)(H,23,24)/t13-,17+/m0/s1. The molecule has 0 radical (unpaired) electrons. The molecule has 0 heterocycles. The van der Waals surface area contributed by atoms with E-state index in [0.29, 0.717) is 11.4 Å². The smallest absolute Gasteiger partial charge is 0.230 e. The fourth-order valence-corrected chi connectivity index (χ4v) is 2.53. The van der Waals surface area contributed by atoms with Crippen molar-refractivity contribution in [3.63, 3.8) is 0 Å². The van der Waals surface area contributed by atoms with Gasteiger partial charge >= 0.3 is 0 Å². The van der Waals surface area contributed by atoms with E-state index in [0.717, 1.165) is 5.56 Å². The lowest BCUT2D eigenvalue weighted by atomic mass is 10.1. The highest BCUT2D eigenvalue weighted by Gasteiger charge is 2.22. The molecule has 2 aromatic carbocycles. The van der Waals surface area contributed by atoms with Gasteiger partial charge in [0.05, 0.1) is 19.5 Å². The van der Waals surface area contributed by atoms with Crippen molar-refractivity contribution in [1.82, 2.24) is 0 Å². The van der Waals surface area contributed by atoms with E-state index in [-0.39, 0.29) is 18.4 Å². The van der Waals surface area contributed by atoms with Crippen molar-refractivity contribution in [2.45, 2.75) is 25.4 Å². The minimum Gasteiger partial charge on any atom is -0.544 e. The molecule has 0 bridgehead atoms. The van der Waals surface area contributed by atoms with Crippen molar-refractivity contribution in [3.8, 4) is 5.75 Å². The highest BCUT2D eigenvalue weighted by molar-refractivity contribution is 5.93. The lowest BCUT2D eigenvalue weighted by Gasteiger charge is -2.21. The molecule has 0 saturated carbocycles. The molecule has 132 valence electrons. The Labute approximate surface area is 146 Å². The average molecular weight is 342 g/mol. The second kappa shape index (κ2) is 8.84. The van der Waals surface area contributed by atoms with Gasteiger partial charge in [-0.1, -0.05) is 30.3 Å². The minimum atomic E-state index is -1.26. The predicted molar refractivity (Wildman–Crippen MR) is 91.8 cm³/mol. The van der Waals surface area contributed by atoms with Gasteiger partial charge in [0, 0.05) is 11.3 Å². The van der Waals surface area contributed by atoms with E-state index in [9.17, 15) is 14.7 Å². The molecular formula is C19H22N2O4. The first kappa shape index (κ1) is 18.5. The number of hydrogen-bond acceptors (Lipinski definition) is 4. The molecule has 0 aliphatic rings. The van der Waals surface area contributed by atoms with Gasteiger partial charge in [-0.05, 0) is 31.2 Å². The van der Waals surface area contributed by atoms with Crippen molar-refractivity contribution < 1.29 is 24.7 Å². The maximum atomic E-state index is 12.1. The Hall–Kier alpha value is -2.86. The number of ether oxygens (including phenoxy) is 1. The molecule has 0 aliphatic carbocycles. The zero-order valence-electron chi connectivity index (χ0n) is 14.3. The zero-order valence-corrected chi connectivity index (χ0v) is 14.3. The second-order valence-electron chi connectivity index (χ2n) is 5.80. The number of aliphatic carboxylic acids is 1. The molecule has 0 fully saturated rings. The van der Waals surface area contributed by atoms with E-state index in [1.807, 2.05) is 37.3 Å². The number of benzene rings is 2. The van der Waals surface area contributed by atoms with Gasteiger partial charge in [0.2, 0.25) is 5.91 Å². The zero-order chi connectivity index (χ0) is 18.2. The summed E-state index contributed by atoms with van der Waals surface area (Å²) in [6.07, 6.45) is -0.175. The predicted octanol–water partition coefficient (Wildman–Crippen LogP) is 0.467. The van der Waals surface area contributed by atoms with Crippen LogP contribution in [0.15, 0.2) is 54.6 Å². The van der Waals surface area contributed by atoms with Crippen molar-refractivity contribution in [2.24, 2.45) is 0 Å². The summed E-state index contributed by atoms with van der Waals surface area (Å²) in [7, 11) is 1.56. The molecule has 0 unspecified atom stereocenters. The van der Waals surface area contributed by atoms with Gasteiger partial charge in [0.25, 0.3) is 0 Å². The van der Waals surface area contributed by atoms with Crippen LogP contribution >= 0.6 is 0 Å². The highest BCUT2D eigenvalue weighted by Crippen LogP contribution is 2.15. The first-order chi connectivity index (χ1) is 12.0. The number of nitrogens with two attached hydrogens (primary N) is 1. The van der Waals surface area contributed by atoms with E-state index >= 15 is 0 Å². The molecule has 2 atom stereocenters. The van der Waals surface area contributed by atoms with Gasteiger partial charge < -0.3 is 25.3 Å². The lowest BCUT2D eigenvalue weighted by Crippen LogP contribution is -2.93. The number of carbonyl (C=O) groups excluding carboxylic acids is 2. The van der Waals surface area contributed by atoms with Crippen molar-refractivity contribution >= 4 is 17.6 Å². The Kier molecular flexibility index (Phi) is 6.54. The number of carboxylic acid groups (broad SMARTS) is 1. The SMILES string of the molecule is COc1ccc(NC(=O)C[C@@H]([NH2+][C@@H](C)c2ccccc2)C(=O)[O-])cc1. The van der Waals surface area contributed by atoms with E-state index in [2.05, 4.69) is 5.32 Å². The number of rotatable bonds is 8. The van der Waals surface area contributed by atoms with Gasteiger partial charge in [-0.25, -0.2) is 0 Å². The van der Waals surface area contributed by atoms with Crippen LogP contribution in [-0.2, 0) is 9.59 Å². The molecule has 25 heavy (non-hydrogen) atoms. The van der Waals surface area contributed by atoms with E-state index in [1.165, 1.54) is 0 Å². The maximum Gasteiger partial charge on any atom is 0.230 e. The molecule has 1 amide bonds. The summed E-state index contributed by atoms with van der Waals surface area (Å²) >= 11 is 0. The third-order valence-electron chi connectivity index (χ3n) is 3.93. The lowest BCUT2D eigenvalue weighted by molar-refractivity contribution is -0.717. The molecule has 3 N–H and O–H groups in total. The van der Waals surface area contributed by atoms with Gasteiger partial charge in [0.15, 0.2) is 0 Å².